The number of fused-ring (bicyclic) bond motifs is 1. The molecule has 0 aliphatic carbocycles. The summed E-state index contributed by atoms with van der Waals surface area (Å²) in [4.78, 5) is 40.5. The summed E-state index contributed by atoms with van der Waals surface area (Å²) >= 11 is 3.36. The Hall–Kier alpha value is -3.00. The SMILES string of the molecule is CCOC(=O)C1=NN[C@@]2(c3ccccc3)C(=O)N(c3cccc(Br)c3)C(=O)[C@@H]12. The van der Waals surface area contributed by atoms with Crippen LogP contribution in [0.3, 0.4) is 0 Å². The van der Waals surface area contributed by atoms with E-state index in [1.54, 1.807) is 55.5 Å². The monoisotopic (exact) mass is 441 g/mol. The molecule has 2 atom stereocenters. The number of carbonyl (C=O) groups excluding carboxylic acids is 3. The van der Waals surface area contributed by atoms with Crippen molar-refractivity contribution in [2.45, 2.75) is 12.5 Å². The maximum absolute atomic E-state index is 13.6. The second kappa shape index (κ2) is 6.87. The molecule has 2 amide bonds. The van der Waals surface area contributed by atoms with Crippen molar-refractivity contribution in [3.05, 3.63) is 64.6 Å². The fourth-order valence-electron chi connectivity index (χ4n) is 3.65. The Bertz CT molecular complexity index is 1010. The van der Waals surface area contributed by atoms with Crippen LogP contribution in [0.15, 0.2) is 64.2 Å². The van der Waals surface area contributed by atoms with Crippen LogP contribution in [0.25, 0.3) is 0 Å². The molecule has 28 heavy (non-hydrogen) atoms. The van der Waals surface area contributed by atoms with Crippen molar-refractivity contribution in [2.24, 2.45) is 11.0 Å². The summed E-state index contributed by atoms with van der Waals surface area (Å²) in [5, 5.41) is 4.05. The van der Waals surface area contributed by atoms with Gasteiger partial charge in [-0.2, -0.15) is 5.10 Å². The number of halogens is 1. The zero-order valence-corrected chi connectivity index (χ0v) is 16.5. The van der Waals surface area contributed by atoms with Crippen LogP contribution in [0.2, 0.25) is 0 Å². The molecule has 1 fully saturated rings. The van der Waals surface area contributed by atoms with Crippen molar-refractivity contribution in [3.63, 3.8) is 0 Å². The minimum atomic E-state index is -1.48. The van der Waals surface area contributed by atoms with Gasteiger partial charge in [0.1, 0.15) is 5.92 Å². The second-order valence-corrected chi connectivity index (χ2v) is 7.31. The molecule has 0 unspecified atom stereocenters. The highest BCUT2D eigenvalue weighted by Crippen LogP contribution is 2.45. The molecule has 0 bridgehead atoms. The Morgan fingerprint density at radius 2 is 1.96 bits per heavy atom. The topological polar surface area (TPSA) is 88.1 Å². The first-order valence-corrected chi connectivity index (χ1v) is 9.51. The molecule has 7 nitrogen and oxygen atoms in total. The minimum Gasteiger partial charge on any atom is -0.461 e. The number of hydrazone groups is 1. The minimum absolute atomic E-state index is 0.0958. The van der Waals surface area contributed by atoms with Crippen LogP contribution >= 0.6 is 15.9 Å². The van der Waals surface area contributed by atoms with Gasteiger partial charge >= 0.3 is 5.97 Å². The molecule has 2 aromatic rings. The summed E-state index contributed by atoms with van der Waals surface area (Å²) in [7, 11) is 0. The third-order valence-corrected chi connectivity index (χ3v) is 5.34. The molecule has 0 saturated carbocycles. The number of nitrogens with one attached hydrogen (secondary N) is 1. The van der Waals surface area contributed by atoms with E-state index in [-0.39, 0.29) is 12.3 Å². The van der Waals surface area contributed by atoms with E-state index in [1.807, 2.05) is 6.07 Å². The van der Waals surface area contributed by atoms with Crippen LogP contribution in [0.5, 0.6) is 0 Å². The second-order valence-electron chi connectivity index (χ2n) is 6.40. The zero-order valence-electron chi connectivity index (χ0n) is 14.9. The lowest BCUT2D eigenvalue weighted by Gasteiger charge is -2.26. The van der Waals surface area contributed by atoms with Gasteiger partial charge in [-0.05, 0) is 30.7 Å². The number of nitrogens with zero attached hydrogens (tertiary/aromatic N) is 2. The fraction of sp³-hybridized carbons (Fsp3) is 0.200. The Balaban J connectivity index is 1.87. The van der Waals surface area contributed by atoms with E-state index in [2.05, 4.69) is 26.5 Å². The van der Waals surface area contributed by atoms with Crippen LogP contribution < -0.4 is 10.3 Å². The van der Waals surface area contributed by atoms with Crippen molar-refractivity contribution in [2.75, 3.05) is 11.5 Å². The van der Waals surface area contributed by atoms with Gasteiger partial charge in [-0.3, -0.25) is 15.0 Å². The molecule has 0 aromatic heterocycles. The van der Waals surface area contributed by atoms with E-state index in [4.69, 9.17) is 4.74 Å². The molecular formula is C20H16BrN3O4. The predicted molar refractivity (Wildman–Crippen MR) is 105 cm³/mol. The van der Waals surface area contributed by atoms with Crippen LogP contribution in [0, 0.1) is 5.92 Å². The van der Waals surface area contributed by atoms with Gasteiger partial charge in [0.15, 0.2) is 11.3 Å². The summed E-state index contributed by atoms with van der Waals surface area (Å²) in [6, 6.07) is 15.7. The Labute approximate surface area is 169 Å². The van der Waals surface area contributed by atoms with E-state index in [1.165, 1.54) is 0 Å². The molecule has 0 radical (unpaired) electrons. The third kappa shape index (κ3) is 2.56. The lowest BCUT2D eigenvalue weighted by atomic mass is 9.79. The third-order valence-electron chi connectivity index (χ3n) is 4.85. The summed E-state index contributed by atoms with van der Waals surface area (Å²) in [5.41, 5.74) is 2.19. The van der Waals surface area contributed by atoms with Gasteiger partial charge in [0.25, 0.3) is 5.91 Å². The van der Waals surface area contributed by atoms with Gasteiger partial charge in [-0.25, -0.2) is 9.69 Å². The summed E-state index contributed by atoms with van der Waals surface area (Å²) in [6.45, 7) is 1.81. The van der Waals surface area contributed by atoms with Crippen LogP contribution in [0.4, 0.5) is 5.69 Å². The molecule has 2 heterocycles. The summed E-state index contributed by atoms with van der Waals surface area (Å²) in [5.74, 6) is -2.84. The molecule has 1 saturated heterocycles. The molecule has 0 spiro atoms. The van der Waals surface area contributed by atoms with Gasteiger partial charge in [-0.15, -0.1) is 0 Å². The highest BCUT2D eigenvalue weighted by Gasteiger charge is 2.67. The van der Waals surface area contributed by atoms with Gasteiger partial charge in [-0.1, -0.05) is 52.3 Å². The summed E-state index contributed by atoms with van der Waals surface area (Å²) < 4.78 is 5.78. The van der Waals surface area contributed by atoms with E-state index in [0.29, 0.717) is 11.3 Å². The highest BCUT2D eigenvalue weighted by molar-refractivity contribution is 9.10. The number of hydrogen-bond acceptors (Lipinski definition) is 6. The largest absolute Gasteiger partial charge is 0.461 e. The molecule has 4 rings (SSSR count). The smallest absolute Gasteiger partial charge is 0.355 e. The number of anilines is 1. The molecule has 1 N–H and O–H groups in total. The van der Waals surface area contributed by atoms with Gasteiger partial charge in [0.05, 0.1) is 12.3 Å². The predicted octanol–water partition coefficient (Wildman–Crippen LogP) is 2.36. The number of ether oxygens (including phenoxy) is 1. The fourth-order valence-corrected chi connectivity index (χ4v) is 4.03. The number of benzene rings is 2. The number of hydrogen-bond donors (Lipinski definition) is 1. The van der Waals surface area contributed by atoms with E-state index >= 15 is 0 Å². The normalized spacial score (nSPS) is 23.3. The number of carbonyl (C=O) groups is 3. The van der Waals surface area contributed by atoms with Crippen molar-refractivity contribution >= 4 is 45.1 Å². The standard InChI is InChI=1S/C20H16BrN3O4/c1-2-28-18(26)16-15-17(25)24(14-10-6-9-13(21)11-14)19(27)20(15,23-22-16)12-7-4-3-5-8-12/h3-11,15,23H,2H2,1H3/t15-,20-/m1/s1. The average Bonchev–Trinajstić information content (AvgIpc) is 3.19. The number of amides is 2. The first-order valence-electron chi connectivity index (χ1n) is 8.72. The first-order chi connectivity index (χ1) is 13.5. The van der Waals surface area contributed by atoms with Crippen LogP contribution in [0.1, 0.15) is 12.5 Å². The van der Waals surface area contributed by atoms with E-state index in [0.717, 1.165) is 9.37 Å². The molecular weight excluding hydrogens is 426 g/mol. The Kier molecular flexibility index (Phi) is 4.50. The number of rotatable bonds is 4. The summed E-state index contributed by atoms with van der Waals surface area (Å²) in [6.07, 6.45) is 0. The van der Waals surface area contributed by atoms with Crippen LogP contribution in [-0.4, -0.2) is 30.1 Å². The number of imide groups is 1. The van der Waals surface area contributed by atoms with Gasteiger partial charge in [0, 0.05) is 4.47 Å². The lowest BCUT2D eigenvalue weighted by Crippen LogP contribution is -2.48. The Morgan fingerprint density at radius 1 is 1.21 bits per heavy atom. The van der Waals surface area contributed by atoms with Crippen LogP contribution in [-0.2, 0) is 24.7 Å². The van der Waals surface area contributed by atoms with Crippen molar-refractivity contribution < 1.29 is 19.1 Å². The molecule has 2 aliphatic rings. The molecule has 142 valence electrons. The van der Waals surface area contributed by atoms with E-state index < -0.39 is 29.2 Å². The Morgan fingerprint density at radius 3 is 2.64 bits per heavy atom. The van der Waals surface area contributed by atoms with E-state index in [9.17, 15) is 14.4 Å². The van der Waals surface area contributed by atoms with Gasteiger partial charge in [0.2, 0.25) is 5.91 Å². The van der Waals surface area contributed by atoms with Crippen molar-refractivity contribution in [1.29, 1.82) is 0 Å². The van der Waals surface area contributed by atoms with Crippen molar-refractivity contribution in [3.8, 4) is 0 Å². The lowest BCUT2D eigenvalue weighted by molar-refractivity contribution is -0.136. The molecule has 8 heteroatoms. The maximum Gasteiger partial charge on any atom is 0.355 e. The first kappa shape index (κ1) is 18.4. The maximum atomic E-state index is 13.6. The average molecular weight is 442 g/mol. The zero-order chi connectivity index (χ0) is 19.9. The van der Waals surface area contributed by atoms with Gasteiger partial charge < -0.3 is 4.74 Å². The quantitative estimate of drug-likeness (QED) is 0.581. The van der Waals surface area contributed by atoms with Crippen molar-refractivity contribution in [1.82, 2.24) is 5.43 Å². The highest BCUT2D eigenvalue weighted by atomic mass is 79.9. The number of esters is 1. The molecule has 2 aliphatic heterocycles. The molecule has 2 aromatic carbocycles.